The van der Waals surface area contributed by atoms with Crippen molar-refractivity contribution in [2.24, 2.45) is 0 Å². The normalized spacial score (nSPS) is 11.9. The number of benzene rings is 4. The minimum absolute atomic E-state index is 0.0295. The molecule has 0 aliphatic carbocycles. The summed E-state index contributed by atoms with van der Waals surface area (Å²) in [7, 11) is -2.81. The number of aryl methyl sites for hydroxylation is 2. The lowest BCUT2D eigenvalue weighted by molar-refractivity contribution is -0.140. The lowest BCUT2D eigenvalue weighted by Gasteiger charge is -2.34. The third-order valence-corrected chi connectivity index (χ3v) is 9.88. The fraction of sp³-hybridized carbons (Fsp3) is 0.297. The molecule has 0 bridgehead atoms. The fourth-order valence-electron chi connectivity index (χ4n) is 5.19. The van der Waals surface area contributed by atoms with E-state index in [2.05, 4.69) is 5.32 Å². The Bertz CT molecular complexity index is 1750. The molecule has 0 fully saturated rings. The van der Waals surface area contributed by atoms with Crippen molar-refractivity contribution < 1.29 is 22.7 Å². The third-order valence-electron chi connectivity index (χ3n) is 7.86. The molecular weight excluding hydrogens is 634 g/mol. The van der Waals surface area contributed by atoms with Crippen LogP contribution in [-0.2, 0) is 32.6 Å². The highest BCUT2D eigenvalue weighted by atomic mass is 35.5. The lowest BCUT2D eigenvalue weighted by atomic mass is 10.0. The Kier molecular flexibility index (Phi) is 12.4. The van der Waals surface area contributed by atoms with Gasteiger partial charge in [0.15, 0.2) is 0 Å². The minimum Gasteiger partial charge on any atom is -0.495 e. The Morgan fingerprint density at radius 3 is 2.17 bits per heavy atom. The van der Waals surface area contributed by atoms with E-state index in [1.807, 2.05) is 57.2 Å². The molecule has 0 aromatic heterocycles. The van der Waals surface area contributed by atoms with Gasteiger partial charge in [-0.3, -0.25) is 13.9 Å². The summed E-state index contributed by atoms with van der Waals surface area (Å²) in [6.07, 6.45) is 1.91. The van der Waals surface area contributed by atoms with Gasteiger partial charge in [-0.15, -0.1) is 0 Å². The number of sulfonamides is 1. The predicted molar refractivity (Wildman–Crippen MR) is 187 cm³/mol. The number of hydrogen-bond acceptors (Lipinski definition) is 5. The average Bonchev–Trinajstić information content (AvgIpc) is 3.06. The maximum Gasteiger partial charge on any atom is 0.264 e. The number of hydrogen-bond donors (Lipinski definition) is 1. The van der Waals surface area contributed by atoms with Gasteiger partial charge >= 0.3 is 0 Å². The summed E-state index contributed by atoms with van der Waals surface area (Å²) in [5.41, 5.74) is 3.50. The zero-order chi connectivity index (χ0) is 34.0. The van der Waals surface area contributed by atoms with Gasteiger partial charge in [-0.2, -0.15) is 0 Å². The van der Waals surface area contributed by atoms with Gasteiger partial charge in [-0.25, -0.2) is 8.42 Å². The quantitative estimate of drug-likeness (QED) is 0.141. The number of nitrogens with zero attached hydrogens (tertiary/aromatic N) is 2. The van der Waals surface area contributed by atoms with E-state index in [0.717, 1.165) is 39.4 Å². The van der Waals surface area contributed by atoms with Crippen molar-refractivity contribution >= 4 is 39.1 Å². The van der Waals surface area contributed by atoms with E-state index in [1.54, 1.807) is 48.5 Å². The molecule has 0 spiro atoms. The Hall–Kier alpha value is -4.34. The molecule has 4 aromatic carbocycles. The summed E-state index contributed by atoms with van der Waals surface area (Å²) >= 11 is 6.17. The molecule has 1 N–H and O–H groups in total. The van der Waals surface area contributed by atoms with Crippen LogP contribution in [0.25, 0.3) is 0 Å². The third kappa shape index (κ3) is 9.36. The Morgan fingerprint density at radius 1 is 0.872 bits per heavy atom. The average molecular weight is 676 g/mol. The summed E-state index contributed by atoms with van der Waals surface area (Å²) in [5.74, 6) is -0.571. The number of carbonyl (C=O) groups excluding carboxylic acids is 2. The van der Waals surface area contributed by atoms with E-state index in [1.165, 1.54) is 24.1 Å². The van der Waals surface area contributed by atoms with E-state index >= 15 is 0 Å². The summed E-state index contributed by atoms with van der Waals surface area (Å²) in [5, 5.41) is 3.53. The molecule has 0 saturated heterocycles. The van der Waals surface area contributed by atoms with Crippen LogP contribution in [0.4, 0.5) is 5.69 Å². The van der Waals surface area contributed by atoms with Gasteiger partial charge in [0.2, 0.25) is 11.8 Å². The van der Waals surface area contributed by atoms with Gasteiger partial charge in [0, 0.05) is 24.5 Å². The summed E-state index contributed by atoms with van der Waals surface area (Å²) < 4.78 is 35.4. The predicted octanol–water partition coefficient (Wildman–Crippen LogP) is 6.72. The van der Waals surface area contributed by atoms with Crippen molar-refractivity contribution in [3.63, 3.8) is 0 Å². The SMILES string of the molecule is CCCCNC(=O)C(Cc1ccccc1)N(Cc1ccc(Cl)cc1)C(=O)CN(c1cc(C)ccc1OC)S(=O)(=O)c1ccc(C)cc1. The van der Waals surface area contributed by atoms with Crippen LogP contribution >= 0.6 is 11.6 Å². The Morgan fingerprint density at radius 2 is 1.53 bits per heavy atom. The molecule has 1 unspecified atom stereocenters. The Balaban J connectivity index is 1.83. The van der Waals surface area contributed by atoms with Crippen molar-refractivity contribution in [1.29, 1.82) is 0 Å². The van der Waals surface area contributed by atoms with Crippen molar-refractivity contribution in [2.45, 2.75) is 57.5 Å². The van der Waals surface area contributed by atoms with Crippen molar-refractivity contribution in [1.82, 2.24) is 10.2 Å². The van der Waals surface area contributed by atoms with E-state index in [9.17, 15) is 18.0 Å². The zero-order valence-electron chi connectivity index (χ0n) is 27.3. The van der Waals surface area contributed by atoms with Gasteiger partial charge in [0.25, 0.3) is 10.0 Å². The lowest BCUT2D eigenvalue weighted by Crippen LogP contribution is -2.53. The summed E-state index contributed by atoms with van der Waals surface area (Å²) in [4.78, 5) is 30.0. The van der Waals surface area contributed by atoms with Crippen LogP contribution in [0.2, 0.25) is 5.02 Å². The minimum atomic E-state index is -4.26. The fourth-order valence-corrected chi connectivity index (χ4v) is 6.73. The largest absolute Gasteiger partial charge is 0.495 e. The highest BCUT2D eigenvalue weighted by Crippen LogP contribution is 2.34. The number of anilines is 1. The molecule has 0 saturated carbocycles. The molecule has 0 radical (unpaired) electrons. The number of nitrogens with one attached hydrogen (secondary N) is 1. The molecule has 0 aliphatic heterocycles. The number of halogens is 1. The standard InChI is InChI=1S/C37H42ClN3O5S/c1-5-6-22-39-37(43)34(24-29-10-8-7-9-11-29)40(25-30-15-17-31(38)18-16-30)36(42)26-41(33-23-28(3)14-21-35(33)46-4)47(44,45)32-19-12-27(2)13-20-32/h7-21,23,34H,5-6,22,24-26H2,1-4H3,(H,39,43). The molecule has 2 amide bonds. The number of rotatable bonds is 15. The summed E-state index contributed by atoms with van der Waals surface area (Å²) in [6, 6.07) is 27.2. The number of methoxy groups -OCH3 is 1. The molecule has 47 heavy (non-hydrogen) atoms. The highest BCUT2D eigenvalue weighted by molar-refractivity contribution is 7.92. The highest BCUT2D eigenvalue weighted by Gasteiger charge is 2.35. The Labute approximate surface area is 283 Å². The first kappa shape index (κ1) is 35.5. The van der Waals surface area contributed by atoms with Crippen LogP contribution in [0.1, 0.15) is 42.0 Å². The second-order valence-corrected chi connectivity index (χ2v) is 13.8. The second kappa shape index (κ2) is 16.5. The maximum atomic E-state index is 14.7. The van der Waals surface area contributed by atoms with E-state index in [4.69, 9.17) is 16.3 Å². The first-order chi connectivity index (χ1) is 22.5. The molecule has 10 heteroatoms. The molecule has 8 nitrogen and oxygen atoms in total. The van der Waals surface area contributed by atoms with Crippen LogP contribution < -0.4 is 14.4 Å². The first-order valence-corrected chi connectivity index (χ1v) is 17.4. The van der Waals surface area contributed by atoms with Gasteiger partial charge in [-0.1, -0.05) is 91.2 Å². The van der Waals surface area contributed by atoms with Gasteiger partial charge in [0.1, 0.15) is 18.3 Å². The van der Waals surface area contributed by atoms with Crippen LogP contribution in [-0.4, -0.2) is 51.4 Å². The van der Waals surface area contributed by atoms with E-state index < -0.39 is 28.5 Å². The number of ether oxygens (including phenoxy) is 1. The van der Waals surface area contributed by atoms with Crippen LogP contribution in [0.15, 0.2) is 102 Å². The molecule has 0 aliphatic rings. The topological polar surface area (TPSA) is 96.0 Å². The van der Waals surface area contributed by atoms with Crippen molar-refractivity contribution in [2.75, 3.05) is 24.5 Å². The van der Waals surface area contributed by atoms with Gasteiger partial charge in [0.05, 0.1) is 17.7 Å². The second-order valence-electron chi connectivity index (χ2n) is 11.5. The van der Waals surface area contributed by atoms with Crippen LogP contribution in [0, 0.1) is 13.8 Å². The van der Waals surface area contributed by atoms with Crippen molar-refractivity contribution in [3.05, 3.63) is 124 Å². The van der Waals surface area contributed by atoms with Gasteiger partial charge in [-0.05, 0) is 73.4 Å². The van der Waals surface area contributed by atoms with Crippen molar-refractivity contribution in [3.8, 4) is 5.75 Å². The molecule has 4 aromatic rings. The molecule has 4 rings (SSSR count). The van der Waals surface area contributed by atoms with E-state index in [0.29, 0.717) is 17.3 Å². The molecule has 1 atom stereocenters. The smallest absolute Gasteiger partial charge is 0.264 e. The maximum absolute atomic E-state index is 14.7. The molecular formula is C37H42ClN3O5S. The zero-order valence-corrected chi connectivity index (χ0v) is 28.9. The number of unbranched alkanes of at least 4 members (excludes halogenated alkanes) is 1. The van der Waals surface area contributed by atoms with Crippen LogP contribution in [0.5, 0.6) is 5.75 Å². The monoisotopic (exact) mass is 675 g/mol. The molecule has 0 heterocycles. The first-order valence-electron chi connectivity index (χ1n) is 15.6. The molecule has 248 valence electrons. The van der Waals surface area contributed by atoms with Gasteiger partial charge < -0.3 is 15.0 Å². The van der Waals surface area contributed by atoms with Crippen LogP contribution in [0.3, 0.4) is 0 Å². The summed E-state index contributed by atoms with van der Waals surface area (Å²) in [6.45, 7) is 5.68. The number of amides is 2. The van der Waals surface area contributed by atoms with E-state index in [-0.39, 0.29) is 29.5 Å². The number of carbonyl (C=O) groups is 2.